The van der Waals surface area contributed by atoms with Crippen LogP contribution in [-0.4, -0.2) is 70.0 Å². The zero-order valence-corrected chi connectivity index (χ0v) is 12.2. The van der Waals surface area contributed by atoms with Gasteiger partial charge in [-0.15, -0.1) is 0 Å². The molecule has 0 aromatic carbocycles. The second kappa shape index (κ2) is 14.7. The number of hydrogen-bond acceptors (Lipinski definition) is 6. The van der Waals surface area contributed by atoms with E-state index >= 15 is 0 Å². The van der Waals surface area contributed by atoms with E-state index in [-0.39, 0.29) is 6.61 Å². The summed E-state index contributed by atoms with van der Waals surface area (Å²) in [7, 11) is 0. The fourth-order valence-corrected chi connectivity index (χ4v) is 1.19. The molecule has 120 valence electrons. The maximum absolute atomic E-state index is 10.4. The summed E-state index contributed by atoms with van der Waals surface area (Å²) in [5.41, 5.74) is 5.26. The van der Waals surface area contributed by atoms with Gasteiger partial charge in [0.2, 0.25) is 0 Å². The number of nitrogens with two attached hydrogens (primary N) is 1. The average Bonchev–Trinajstić information content (AvgIpc) is 2.43. The number of aliphatic carboxylic acids is 1. The van der Waals surface area contributed by atoms with Crippen molar-refractivity contribution in [1.82, 2.24) is 0 Å². The van der Waals surface area contributed by atoms with Crippen molar-refractivity contribution in [2.45, 2.75) is 25.8 Å². The fraction of sp³-hybridized carbons (Fsp3) is 0.923. The first kappa shape index (κ1) is 19.3. The molecule has 1 atom stereocenters. The zero-order chi connectivity index (χ0) is 15.1. The molecule has 0 radical (unpaired) electrons. The molecule has 7 heteroatoms. The Labute approximate surface area is 120 Å². The molecule has 0 saturated carbocycles. The van der Waals surface area contributed by atoms with Crippen LogP contribution in [0.2, 0.25) is 0 Å². The van der Waals surface area contributed by atoms with Gasteiger partial charge in [-0.05, 0) is 6.42 Å². The van der Waals surface area contributed by atoms with Gasteiger partial charge in [-0.3, -0.25) is 4.79 Å². The third-order valence-electron chi connectivity index (χ3n) is 2.37. The number of carboxylic acids is 1. The van der Waals surface area contributed by atoms with E-state index in [1.165, 1.54) is 0 Å². The van der Waals surface area contributed by atoms with Crippen LogP contribution < -0.4 is 5.73 Å². The molecule has 0 fully saturated rings. The highest BCUT2D eigenvalue weighted by Crippen LogP contribution is 1.88. The second-order valence-corrected chi connectivity index (χ2v) is 4.21. The van der Waals surface area contributed by atoms with E-state index < -0.39 is 12.0 Å². The van der Waals surface area contributed by atoms with E-state index in [1.54, 1.807) is 0 Å². The van der Waals surface area contributed by atoms with Crippen LogP contribution >= 0.6 is 0 Å². The number of rotatable bonds is 15. The maximum Gasteiger partial charge on any atom is 0.322 e. The smallest absolute Gasteiger partial charge is 0.322 e. The fourth-order valence-electron chi connectivity index (χ4n) is 1.19. The minimum absolute atomic E-state index is 0.00963. The summed E-state index contributed by atoms with van der Waals surface area (Å²) in [6.45, 7) is 5.76. The van der Waals surface area contributed by atoms with Crippen molar-refractivity contribution in [3.8, 4) is 0 Å². The van der Waals surface area contributed by atoms with Crippen molar-refractivity contribution in [3.05, 3.63) is 0 Å². The summed E-state index contributed by atoms with van der Waals surface area (Å²) < 4.78 is 20.9. The largest absolute Gasteiger partial charge is 0.480 e. The van der Waals surface area contributed by atoms with E-state index in [4.69, 9.17) is 29.8 Å². The van der Waals surface area contributed by atoms with Crippen molar-refractivity contribution in [3.63, 3.8) is 0 Å². The average molecular weight is 293 g/mol. The first-order valence-electron chi connectivity index (χ1n) is 6.97. The Bertz CT molecular complexity index is 227. The summed E-state index contributed by atoms with van der Waals surface area (Å²) >= 11 is 0. The van der Waals surface area contributed by atoms with Gasteiger partial charge in [-0.1, -0.05) is 13.3 Å². The topological polar surface area (TPSA) is 100 Å². The van der Waals surface area contributed by atoms with Gasteiger partial charge in [0, 0.05) is 6.61 Å². The SMILES string of the molecule is CCCCOCCOCCOCCOCC(N)C(=O)O. The van der Waals surface area contributed by atoms with Gasteiger partial charge in [0.15, 0.2) is 0 Å². The Balaban J connectivity index is 3.04. The monoisotopic (exact) mass is 293 g/mol. The second-order valence-electron chi connectivity index (χ2n) is 4.21. The third kappa shape index (κ3) is 13.7. The Morgan fingerprint density at radius 3 is 1.85 bits per heavy atom. The van der Waals surface area contributed by atoms with Crippen LogP contribution in [0.1, 0.15) is 19.8 Å². The molecule has 0 aliphatic carbocycles. The quantitative estimate of drug-likeness (QED) is 0.418. The molecule has 0 amide bonds. The molecule has 0 spiro atoms. The summed E-state index contributed by atoms with van der Waals surface area (Å²) in [5.74, 6) is -1.07. The van der Waals surface area contributed by atoms with Gasteiger partial charge in [-0.25, -0.2) is 0 Å². The van der Waals surface area contributed by atoms with Crippen LogP contribution in [0.4, 0.5) is 0 Å². The number of ether oxygens (including phenoxy) is 4. The Kier molecular flexibility index (Phi) is 14.1. The molecule has 0 rings (SSSR count). The molecule has 7 nitrogen and oxygen atoms in total. The molecule has 20 heavy (non-hydrogen) atoms. The van der Waals surface area contributed by atoms with Gasteiger partial charge >= 0.3 is 5.97 Å². The van der Waals surface area contributed by atoms with E-state index in [1.807, 2.05) is 0 Å². The lowest BCUT2D eigenvalue weighted by Crippen LogP contribution is -2.35. The molecule has 0 aliphatic rings. The predicted octanol–water partition coefficient (Wildman–Crippen LogP) is 0.265. The summed E-state index contributed by atoms with van der Waals surface area (Å²) in [5, 5.41) is 8.51. The predicted molar refractivity (Wildman–Crippen MR) is 73.8 cm³/mol. The van der Waals surface area contributed by atoms with Gasteiger partial charge < -0.3 is 29.8 Å². The molecular formula is C13H27NO6. The van der Waals surface area contributed by atoms with Crippen molar-refractivity contribution in [2.24, 2.45) is 5.73 Å². The molecule has 3 N–H and O–H groups in total. The molecule has 0 bridgehead atoms. The Morgan fingerprint density at radius 2 is 1.40 bits per heavy atom. The van der Waals surface area contributed by atoms with E-state index in [9.17, 15) is 4.79 Å². The number of hydrogen-bond donors (Lipinski definition) is 2. The standard InChI is InChI=1S/C13H27NO6/c1-2-3-4-17-5-6-18-7-8-19-9-10-20-11-12(14)13(15)16/h12H,2-11,14H2,1H3,(H,15,16). The zero-order valence-electron chi connectivity index (χ0n) is 12.2. The van der Waals surface area contributed by atoms with E-state index in [0.717, 1.165) is 19.4 Å². The van der Waals surface area contributed by atoms with Crippen LogP contribution in [0.15, 0.2) is 0 Å². The normalized spacial score (nSPS) is 12.5. The summed E-state index contributed by atoms with van der Waals surface area (Å²) in [6, 6.07) is -0.981. The highest BCUT2D eigenvalue weighted by molar-refractivity contribution is 5.73. The highest BCUT2D eigenvalue weighted by Gasteiger charge is 2.10. The molecule has 0 saturated heterocycles. The van der Waals surface area contributed by atoms with Crippen molar-refractivity contribution >= 4 is 5.97 Å². The van der Waals surface area contributed by atoms with Crippen LogP contribution in [0.5, 0.6) is 0 Å². The van der Waals surface area contributed by atoms with Gasteiger partial charge in [0.1, 0.15) is 6.04 Å². The van der Waals surface area contributed by atoms with Crippen molar-refractivity contribution < 1.29 is 28.8 Å². The van der Waals surface area contributed by atoms with Gasteiger partial charge in [0.25, 0.3) is 0 Å². The van der Waals surface area contributed by atoms with E-state index in [0.29, 0.717) is 39.6 Å². The van der Waals surface area contributed by atoms with Crippen molar-refractivity contribution in [2.75, 3.05) is 52.9 Å². The van der Waals surface area contributed by atoms with Gasteiger partial charge in [-0.2, -0.15) is 0 Å². The molecular weight excluding hydrogens is 266 g/mol. The van der Waals surface area contributed by atoms with Crippen LogP contribution in [0.3, 0.4) is 0 Å². The lowest BCUT2D eigenvalue weighted by atomic mass is 10.3. The molecule has 0 aromatic rings. The first-order valence-corrected chi connectivity index (χ1v) is 6.97. The van der Waals surface area contributed by atoms with E-state index in [2.05, 4.69) is 6.92 Å². The molecule has 0 aliphatic heterocycles. The van der Waals surface area contributed by atoms with Crippen LogP contribution in [-0.2, 0) is 23.7 Å². The first-order chi connectivity index (χ1) is 9.68. The van der Waals surface area contributed by atoms with Crippen molar-refractivity contribution in [1.29, 1.82) is 0 Å². The molecule has 0 heterocycles. The Morgan fingerprint density at radius 1 is 0.950 bits per heavy atom. The summed E-state index contributed by atoms with van der Waals surface area (Å²) in [4.78, 5) is 10.4. The minimum Gasteiger partial charge on any atom is -0.480 e. The van der Waals surface area contributed by atoms with Gasteiger partial charge in [0.05, 0.1) is 46.2 Å². The lowest BCUT2D eigenvalue weighted by molar-refractivity contribution is -0.140. The number of carbonyl (C=O) groups is 1. The molecule has 1 unspecified atom stereocenters. The summed E-state index contributed by atoms with van der Waals surface area (Å²) in [6.07, 6.45) is 2.21. The maximum atomic E-state index is 10.4. The Hall–Kier alpha value is -0.730. The third-order valence-corrected chi connectivity index (χ3v) is 2.37. The molecule has 0 aromatic heterocycles. The number of unbranched alkanes of at least 4 members (excludes halogenated alkanes) is 1. The lowest BCUT2D eigenvalue weighted by Gasteiger charge is -2.08. The highest BCUT2D eigenvalue weighted by atomic mass is 16.6. The van der Waals surface area contributed by atoms with Crippen LogP contribution in [0.25, 0.3) is 0 Å². The van der Waals surface area contributed by atoms with Crippen LogP contribution in [0, 0.1) is 0 Å². The number of carboxylic acid groups (broad SMARTS) is 1. The minimum atomic E-state index is -1.07.